The number of phenolic OH excluding ortho intramolecular Hbond substituents is 1. The third-order valence-corrected chi connectivity index (χ3v) is 8.43. The second-order valence-corrected chi connectivity index (χ2v) is 12.2. The quantitative estimate of drug-likeness (QED) is 0.0427. The van der Waals surface area contributed by atoms with Gasteiger partial charge in [0.05, 0.1) is 13.5 Å². The number of phenols is 1. The van der Waals surface area contributed by atoms with E-state index in [1.807, 2.05) is 0 Å². The predicted molar refractivity (Wildman–Crippen MR) is 187 cm³/mol. The lowest BCUT2D eigenvalue weighted by atomic mass is 10.0. The summed E-state index contributed by atoms with van der Waals surface area (Å²) >= 11 is 0. The Labute approximate surface area is 293 Å². The Morgan fingerprint density at radius 3 is 2.49 bits per heavy atom. The summed E-state index contributed by atoms with van der Waals surface area (Å²) in [4.78, 5) is 83.0. The normalized spacial score (nSPS) is 15.0. The molecule has 0 bridgehead atoms. The number of nitrogens with two attached hydrogens (primary N) is 2. The fourth-order valence-corrected chi connectivity index (χ4v) is 5.83. The molecule has 16 heteroatoms. The molecule has 0 saturated carbocycles. The van der Waals surface area contributed by atoms with Gasteiger partial charge in [-0.2, -0.15) is 0 Å². The fourth-order valence-electron chi connectivity index (χ4n) is 5.83. The lowest BCUT2D eigenvalue weighted by molar-refractivity contribution is -0.143. The number of rotatable bonds is 15. The molecule has 1 aromatic heterocycles. The fraction of sp³-hybridized carbons (Fsp3) is 0.400. The second kappa shape index (κ2) is 17.6. The van der Waals surface area contributed by atoms with Crippen LogP contribution in [0.5, 0.6) is 5.75 Å². The average molecular weight is 706 g/mol. The Morgan fingerprint density at radius 2 is 1.78 bits per heavy atom. The van der Waals surface area contributed by atoms with Gasteiger partial charge in [0.1, 0.15) is 29.5 Å². The van der Waals surface area contributed by atoms with Crippen molar-refractivity contribution in [2.45, 2.75) is 70.0 Å². The number of ether oxygens (including phenoxy) is 1. The van der Waals surface area contributed by atoms with Crippen molar-refractivity contribution in [3.05, 3.63) is 70.1 Å². The van der Waals surface area contributed by atoms with E-state index in [0.29, 0.717) is 41.5 Å². The van der Waals surface area contributed by atoms with Crippen molar-refractivity contribution < 1.29 is 38.2 Å². The Kier molecular flexibility index (Phi) is 13.1. The first-order chi connectivity index (χ1) is 24.3. The third kappa shape index (κ3) is 10.8. The van der Waals surface area contributed by atoms with E-state index in [9.17, 15) is 33.9 Å². The predicted octanol–water partition coefficient (Wildman–Crippen LogP) is 0.956. The smallest absolute Gasteiger partial charge is 0.336 e. The number of guanidine groups is 1. The van der Waals surface area contributed by atoms with Gasteiger partial charge in [0.2, 0.25) is 23.6 Å². The van der Waals surface area contributed by atoms with Gasteiger partial charge < -0.3 is 46.6 Å². The van der Waals surface area contributed by atoms with Gasteiger partial charge >= 0.3 is 11.6 Å². The van der Waals surface area contributed by atoms with E-state index in [1.54, 1.807) is 31.2 Å². The zero-order chi connectivity index (χ0) is 37.1. The molecule has 0 unspecified atom stereocenters. The summed E-state index contributed by atoms with van der Waals surface area (Å²) in [5.74, 6) is -2.86. The highest BCUT2D eigenvalue weighted by molar-refractivity contribution is 6.00. The van der Waals surface area contributed by atoms with Gasteiger partial charge in [-0.3, -0.25) is 29.0 Å². The molecule has 8 N–H and O–H groups in total. The Balaban J connectivity index is 1.52. The van der Waals surface area contributed by atoms with Crippen molar-refractivity contribution in [2.24, 2.45) is 16.5 Å². The summed E-state index contributed by atoms with van der Waals surface area (Å²) in [6.07, 6.45) is 0.964. The Bertz CT molecular complexity index is 1840. The summed E-state index contributed by atoms with van der Waals surface area (Å²) in [5.41, 5.74) is 12.3. The maximum absolute atomic E-state index is 13.9. The van der Waals surface area contributed by atoms with E-state index in [2.05, 4.69) is 25.7 Å². The number of carbonyl (C=O) groups excluding carboxylic acids is 5. The highest BCUT2D eigenvalue weighted by Crippen LogP contribution is 2.23. The maximum Gasteiger partial charge on any atom is 0.336 e. The van der Waals surface area contributed by atoms with Gasteiger partial charge in [-0.05, 0) is 68.0 Å². The minimum atomic E-state index is -1.12. The van der Waals surface area contributed by atoms with Gasteiger partial charge in [0.15, 0.2) is 5.96 Å². The standard InChI is InChI=1S/C35H43N7O9/c1-20-17-31(46)51-28-19-22(9-12-24(20)28)39-32(47)26(18-21-7-10-23(43)11-8-21)41-33(48)27-6-4-16-42(27)34(49)25(5-3-15-38-35(36)37)40-29(44)13-14-30(45)50-2/h7-12,17,19,25-27,43H,3-6,13-16,18H2,1-2H3,(H,39,47)(H,40,44)(H,41,48)(H4,36,37,38)/t25-,26-,27-/m0/s1. The number of carbonyl (C=O) groups is 5. The molecule has 272 valence electrons. The Hall–Kier alpha value is -5.93. The number of aromatic hydroxyl groups is 1. The molecule has 1 fully saturated rings. The molecule has 2 heterocycles. The van der Waals surface area contributed by atoms with E-state index < -0.39 is 53.3 Å². The van der Waals surface area contributed by atoms with Crippen molar-refractivity contribution in [3.8, 4) is 5.75 Å². The van der Waals surface area contributed by atoms with Crippen LogP contribution in [-0.4, -0.2) is 83.9 Å². The van der Waals surface area contributed by atoms with Crippen LogP contribution in [0.4, 0.5) is 5.69 Å². The summed E-state index contributed by atoms with van der Waals surface area (Å²) in [6.45, 7) is 2.20. The van der Waals surface area contributed by atoms with Crippen LogP contribution in [0.15, 0.2) is 62.7 Å². The van der Waals surface area contributed by atoms with Crippen LogP contribution in [0.1, 0.15) is 49.7 Å². The number of nitrogens with one attached hydrogen (secondary N) is 3. The molecule has 1 aliphatic rings. The van der Waals surface area contributed by atoms with Crippen LogP contribution in [0, 0.1) is 6.92 Å². The lowest BCUT2D eigenvalue weighted by Gasteiger charge is -2.30. The van der Waals surface area contributed by atoms with E-state index in [0.717, 1.165) is 0 Å². The van der Waals surface area contributed by atoms with Gasteiger partial charge in [-0.15, -0.1) is 0 Å². The van der Waals surface area contributed by atoms with Crippen LogP contribution in [0.2, 0.25) is 0 Å². The molecule has 4 rings (SSSR count). The lowest BCUT2D eigenvalue weighted by Crippen LogP contribution is -2.56. The number of aliphatic imine (C=N–C) groups is 1. The van der Waals surface area contributed by atoms with E-state index in [4.69, 9.17) is 15.9 Å². The number of benzene rings is 2. The minimum absolute atomic E-state index is 0.0297. The van der Waals surface area contributed by atoms with Crippen LogP contribution >= 0.6 is 0 Å². The number of hydrogen-bond acceptors (Lipinski definition) is 10. The summed E-state index contributed by atoms with van der Waals surface area (Å²) in [7, 11) is 1.21. The number of aryl methyl sites for hydroxylation is 1. The number of hydrogen-bond donors (Lipinski definition) is 6. The summed E-state index contributed by atoms with van der Waals surface area (Å²) in [6, 6.07) is 9.31. The molecule has 1 saturated heterocycles. The first-order valence-electron chi connectivity index (χ1n) is 16.5. The number of methoxy groups -OCH3 is 1. The van der Waals surface area contributed by atoms with Crippen molar-refractivity contribution in [3.63, 3.8) is 0 Å². The number of nitrogens with zero attached hydrogens (tertiary/aromatic N) is 2. The molecule has 1 aliphatic heterocycles. The molecule has 16 nitrogen and oxygen atoms in total. The van der Waals surface area contributed by atoms with Crippen molar-refractivity contribution >= 4 is 52.2 Å². The summed E-state index contributed by atoms with van der Waals surface area (Å²) < 4.78 is 9.90. The number of fused-ring (bicyclic) bond motifs is 1. The minimum Gasteiger partial charge on any atom is -0.508 e. The van der Waals surface area contributed by atoms with Crippen LogP contribution in [0.25, 0.3) is 11.0 Å². The molecule has 0 radical (unpaired) electrons. The highest BCUT2D eigenvalue weighted by atomic mass is 16.5. The number of anilines is 1. The van der Waals surface area contributed by atoms with E-state index >= 15 is 0 Å². The zero-order valence-electron chi connectivity index (χ0n) is 28.5. The highest BCUT2D eigenvalue weighted by Gasteiger charge is 2.39. The van der Waals surface area contributed by atoms with Gasteiger partial charge in [-0.1, -0.05) is 12.1 Å². The largest absolute Gasteiger partial charge is 0.508 e. The van der Waals surface area contributed by atoms with Crippen molar-refractivity contribution in [2.75, 3.05) is 25.5 Å². The molecule has 3 atom stereocenters. The molecule has 51 heavy (non-hydrogen) atoms. The van der Waals surface area contributed by atoms with Crippen LogP contribution < -0.4 is 33.0 Å². The number of likely N-dealkylation sites (tertiary alicyclic amines) is 1. The molecule has 0 aliphatic carbocycles. The molecule has 3 aromatic rings. The van der Waals surface area contributed by atoms with Crippen LogP contribution in [0.3, 0.4) is 0 Å². The zero-order valence-corrected chi connectivity index (χ0v) is 28.5. The maximum atomic E-state index is 13.9. The Morgan fingerprint density at radius 1 is 1.04 bits per heavy atom. The van der Waals surface area contributed by atoms with Crippen LogP contribution in [-0.2, 0) is 35.1 Å². The van der Waals surface area contributed by atoms with Crippen molar-refractivity contribution in [1.82, 2.24) is 15.5 Å². The first kappa shape index (κ1) is 37.9. The SMILES string of the molecule is COC(=O)CCC(=O)N[C@@H](CCCN=C(N)N)C(=O)N1CCC[C@H]1C(=O)N[C@@H](Cc1ccc(O)cc1)C(=O)Nc1ccc2c(C)cc(=O)oc2c1. The molecule has 0 spiro atoms. The van der Waals surface area contributed by atoms with Gasteiger partial charge in [-0.25, -0.2) is 4.79 Å². The molecule has 2 aromatic carbocycles. The van der Waals surface area contributed by atoms with E-state index in [-0.39, 0.29) is 56.1 Å². The monoisotopic (exact) mass is 705 g/mol. The second-order valence-electron chi connectivity index (χ2n) is 12.2. The number of amides is 4. The average Bonchev–Trinajstić information content (AvgIpc) is 3.59. The van der Waals surface area contributed by atoms with Crippen molar-refractivity contribution in [1.29, 1.82) is 0 Å². The summed E-state index contributed by atoms with van der Waals surface area (Å²) in [5, 5.41) is 18.7. The topological polar surface area (TPSA) is 249 Å². The third-order valence-electron chi connectivity index (χ3n) is 8.43. The number of esters is 1. The van der Waals surface area contributed by atoms with Gasteiger partial charge in [0, 0.05) is 49.1 Å². The molecule has 4 amide bonds. The van der Waals surface area contributed by atoms with E-state index in [1.165, 1.54) is 36.3 Å². The molecular weight excluding hydrogens is 662 g/mol. The van der Waals surface area contributed by atoms with Gasteiger partial charge in [0.25, 0.3) is 0 Å². The molecular formula is C35H43N7O9. The first-order valence-corrected chi connectivity index (χ1v) is 16.5.